The van der Waals surface area contributed by atoms with E-state index in [9.17, 15) is 0 Å². The number of hydrogen-bond donors (Lipinski definition) is 0. The first-order valence-electron chi connectivity index (χ1n) is 38.4. The van der Waals surface area contributed by atoms with Crippen LogP contribution in [0.1, 0.15) is 75.2 Å². The molecular formula is C100H89BCuN8P2+2. The van der Waals surface area contributed by atoms with Gasteiger partial charge < -0.3 is 0 Å². The fourth-order valence-electron chi connectivity index (χ4n) is 15.6. The van der Waals surface area contributed by atoms with E-state index in [1.54, 1.807) is 0 Å². The Morgan fingerprint density at radius 2 is 0.607 bits per heavy atom. The largest absolute Gasteiger partial charge is 0.275 e. The van der Waals surface area contributed by atoms with E-state index >= 15 is 0 Å². The van der Waals surface area contributed by atoms with Crippen molar-refractivity contribution in [2.24, 2.45) is 0 Å². The number of fused-ring (bicyclic) bond motifs is 3. The third-order valence-electron chi connectivity index (χ3n) is 21.2. The van der Waals surface area contributed by atoms with Crippen LogP contribution in [-0.4, -0.2) is 52.3 Å². The average Bonchev–Trinajstić information content (AvgIpc) is 1.09. The van der Waals surface area contributed by atoms with Gasteiger partial charge in [-0.15, -0.1) is 20.4 Å². The Labute approximate surface area is 671 Å². The van der Waals surface area contributed by atoms with E-state index in [1.165, 1.54) is 43.4 Å². The fourth-order valence-corrected chi connectivity index (χ4v) is 22.1. The fraction of sp³-hybridized carbons (Fsp3) is 0.120. The summed E-state index contributed by atoms with van der Waals surface area (Å²) in [5.41, 5.74) is 19.8. The molecule has 17 aromatic rings. The van der Waals surface area contributed by atoms with Crippen LogP contribution in [0, 0.1) is 13.8 Å². The van der Waals surface area contributed by atoms with Gasteiger partial charge in [0.05, 0.1) is 59.7 Å². The number of hydrogen-bond acceptors (Lipinski definition) is 6. The maximum absolute atomic E-state index is 5.16. The zero-order valence-corrected chi connectivity index (χ0v) is 67.3. The van der Waals surface area contributed by atoms with Crippen LogP contribution in [0.4, 0.5) is 0 Å². The molecule has 0 saturated heterocycles. The van der Waals surface area contributed by atoms with E-state index in [-0.39, 0.29) is 27.9 Å². The van der Waals surface area contributed by atoms with Gasteiger partial charge in [0.15, 0.2) is 23.3 Å². The molecule has 4 aromatic heterocycles. The van der Waals surface area contributed by atoms with E-state index in [4.69, 9.17) is 30.4 Å². The predicted octanol–water partition coefficient (Wildman–Crippen LogP) is 22.1. The van der Waals surface area contributed by atoms with Gasteiger partial charge in [0.25, 0.3) is 6.71 Å². The second-order valence-corrected chi connectivity index (χ2v) is 35.9. The molecule has 0 aliphatic heterocycles. The Bertz CT molecular complexity index is 5660. The Balaban J connectivity index is 0.000000201. The van der Waals surface area contributed by atoms with Crippen molar-refractivity contribution in [1.29, 1.82) is 0 Å². The van der Waals surface area contributed by atoms with E-state index in [0.717, 1.165) is 118 Å². The number of para-hydroxylation sites is 2. The molecule has 112 heavy (non-hydrogen) atoms. The summed E-state index contributed by atoms with van der Waals surface area (Å²) in [6, 6.07) is 133. The van der Waals surface area contributed by atoms with Gasteiger partial charge in [0.2, 0.25) is 0 Å². The molecule has 0 bridgehead atoms. The van der Waals surface area contributed by atoms with Gasteiger partial charge in [-0.25, -0.2) is 0 Å². The standard InChI is InChI=1S/C62H54N8.C38H33BP2.Cu/c1-39-37-53(41-19-23-43(24-20-41)57-65-67-59(69(57)49-15-11-9-12-16-49)45-27-31-47(32-28-45)61(3,4)5)51-35-36-52-54(38-40(2)64-56(52)55(51)63-39)42-21-25-44(26-22-42)58-66-68-60(70(58)50-17-13-10-14-18-50)46-29-33-48(34-30-46)62(6,7)8;1-7-19-32(20-8-1)38(41(36-27-15-5-16-28-36)37-29-17-6-18-30-37)39(33-21-9-2-10-22-33)31-40(34-23-11-3-12-24-34)35-25-13-4-14-26-35;/h9-38H,1-8H3;1-30,38H,31H2;/p+2. The number of aryl methyl sites for hydroxylation is 2. The number of aromatic nitrogens is 8. The molecule has 1 atom stereocenters. The molecule has 0 amide bonds. The van der Waals surface area contributed by atoms with Gasteiger partial charge in [0, 0.05) is 72.9 Å². The minimum Gasteiger partial charge on any atom is -0.275 e. The zero-order chi connectivity index (χ0) is 76.0. The summed E-state index contributed by atoms with van der Waals surface area (Å²) in [7, 11) is -2.30. The minimum atomic E-state index is -1.23. The maximum atomic E-state index is 5.16. The molecule has 4 heterocycles. The van der Waals surface area contributed by atoms with Crippen molar-refractivity contribution < 1.29 is 17.1 Å². The molecule has 0 saturated carbocycles. The molecule has 0 fully saturated rings. The van der Waals surface area contributed by atoms with Crippen LogP contribution in [-0.2, 0) is 27.9 Å². The summed E-state index contributed by atoms with van der Waals surface area (Å²) in [6.45, 7) is 17.9. The molecule has 1 unspecified atom stereocenters. The van der Waals surface area contributed by atoms with Crippen molar-refractivity contribution >= 4 is 71.0 Å². The third kappa shape index (κ3) is 16.3. The first kappa shape index (κ1) is 75.8. The summed E-state index contributed by atoms with van der Waals surface area (Å²) < 4.78 is 4.30. The number of pyridine rings is 2. The Morgan fingerprint density at radius 1 is 0.321 bits per heavy atom. The van der Waals surface area contributed by atoms with Crippen molar-refractivity contribution in [2.45, 2.75) is 71.8 Å². The summed E-state index contributed by atoms with van der Waals surface area (Å²) in [4.78, 5) is 10.3. The van der Waals surface area contributed by atoms with Crippen molar-refractivity contribution in [3.05, 3.63) is 392 Å². The van der Waals surface area contributed by atoms with E-state index in [2.05, 4.69) is 416 Å². The topological polar surface area (TPSA) is 87.2 Å². The second kappa shape index (κ2) is 33.5. The molecule has 551 valence electrons. The Hall–Kier alpha value is -11.6. The van der Waals surface area contributed by atoms with Crippen molar-refractivity contribution in [1.82, 2.24) is 39.5 Å². The number of nitrogens with zero attached hydrogens (tertiary/aromatic N) is 8. The Morgan fingerprint density at radius 3 is 0.938 bits per heavy atom. The quantitative estimate of drug-likeness (QED) is 0.0483. The monoisotopic (exact) mass is 1540 g/mol. The molecule has 12 heteroatoms. The van der Waals surface area contributed by atoms with Crippen LogP contribution in [0.5, 0.6) is 0 Å². The molecule has 0 N–H and O–H groups in total. The van der Waals surface area contributed by atoms with Crippen LogP contribution in [0.2, 0.25) is 0 Å². The zero-order valence-electron chi connectivity index (χ0n) is 64.4. The molecule has 0 aliphatic rings. The first-order chi connectivity index (χ1) is 54.2. The number of benzene rings is 13. The van der Waals surface area contributed by atoms with Crippen LogP contribution < -0.4 is 26.7 Å². The third-order valence-corrected chi connectivity index (χ3v) is 27.4. The Kier molecular flexibility index (Phi) is 22.7. The predicted molar refractivity (Wildman–Crippen MR) is 473 cm³/mol. The van der Waals surface area contributed by atoms with Crippen LogP contribution >= 0.6 is 15.8 Å². The molecule has 8 nitrogen and oxygen atoms in total. The van der Waals surface area contributed by atoms with Crippen molar-refractivity contribution in [3.8, 4) is 79.2 Å². The van der Waals surface area contributed by atoms with Gasteiger partial charge >= 0.3 is 0 Å². The van der Waals surface area contributed by atoms with E-state index < -0.39 is 15.8 Å². The molecule has 0 spiro atoms. The normalized spacial score (nSPS) is 11.8. The number of rotatable bonds is 18. The first-order valence-corrected chi connectivity index (χ1v) is 41.7. The maximum Gasteiger partial charge on any atom is 0.275 e. The van der Waals surface area contributed by atoms with Gasteiger partial charge in [-0.3, -0.25) is 19.1 Å². The van der Waals surface area contributed by atoms with Crippen molar-refractivity contribution in [3.63, 3.8) is 0 Å². The van der Waals surface area contributed by atoms with E-state index in [0.29, 0.717) is 12.3 Å². The van der Waals surface area contributed by atoms with Gasteiger partial charge in [-0.1, -0.05) is 326 Å². The molecule has 17 rings (SSSR count). The SMILES string of the molecule is Cc1cc(-c2ccc(-c3nnc(-c4ccc(C(C)(C)C)cc4)n3-c3ccccc3)cc2)c2ccc3c(-c4ccc(-c5nnc(-c6ccc(C(C)(C)C)cc6)n5-c5ccccc5)cc4)cc(C)nc3c2n1.[Cu].c1ccc(B(C[PH+](c2ccccc2)c2ccccc2)C(c2ccccc2)[PH+](c2ccccc2)c2ccccc2)cc1. The molecule has 0 aliphatic carbocycles. The summed E-state index contributed by atoms with van der Waals surface area (Å²) in [5, 5.41) is 27.1. The summed E-state index contributed by atoms with van der Waals surface area (Å²) in [5.74, 6) is 3.15. The van der Waals surface area contributed by atoms with Gasteiger partial charge in [0.1, 0.15) is 0 Å². The smallest absolute Gasteiger partial charge is 0.275 e. The van der Waals surface area contributed by atoms with Crippen LogP contribution in [0.3, 0.4) is 0 Å². The average molecular weight is 1540 g/mol. The van der Waals surface area contributed by atoms with Gasteiger partial charge in [-0.2, -0.15) is 0 Å². The van der Waals surface area contributed by atoms with Gasteiger partial charge in [-0.05, 0) is 149 Å². The minimum absolute atomic E-state index is 0. The molecule has 1 radical (unpaired) electrons. The molecule has 13 aromatic carbocycles. The summed E-state index contributed by atoms with van der Waals surface area (Å²) in [6.07, 6.45) is 0. The van der Waals surface area contributed by atoms with Crippen LogP contribution in [0.15, 0.2) is 364 Å². The van der Waals surface area contributed by atoms with E-state index in [1.807, 2.05) is 12.1 Å². The second-order valence-electron chi connectivity index (χ2n) is 30.8. The molecular weight excluding hydrogens is 1450 g/mol. The van der Waals surface area contributed by atoms with Crippen LogP contribution in [0.25, 0.3) is 101 Å². The van der Waals surface area contributed by atoms with Crippen molar-refractivity contribution in [2.75, 3.05) is 6.06 Å². The summed E-state index contributed by atoms with van der Waals surface area (Å²) >= 11 is 0.